The SMILES string of the molecule is CC(C)(C)O/C(Nc1ccc(-c2nc(N3CCOCC3)c3cnn(C4CCN(Cc5ccccc5)CC4)c3n2)cc1)=C1/CO1. The smallest absolute Gasteiger partial charge is 0.234 e. The maximum absolute atomic E-state index is 6.10. The van der Waals surface area contributed by atoms with Crippen molar-refractivity contribution in [2.75, 3.05) is 56.2 Å². The summed E-state index contributed by atoms with van der Waals surface area (Å²) in [4.78, 5) is 15.1. The van der Waals surface area contributed by atoms with Crippen LogP contribution in [0.5, 0.6) is 0 Å². The molecule has 0 amide bonds. The molecule has 0 saturated carbocycles. The molecule has 10 heteroatoms. The molecule has 7 rings (SSSR count). The van der Waals surface area contributed by atoms with E-state index >= 15 is 0 Å². The van der Waals surface area contributed by atoms with Gasteiger partial charge in [-0.15, -0.1) is 0 Å². The molecule has 0 unspecified atom stereocenters. The largest absolute Gasteiger partial charge is 0.481 e. The zero-order valence-electron chi connectivity index (χ0n) is 25.8. The van der Waals surface area contributed by atoms with Gasteiger partial charge in [-0.3, -0.25) is 4.90 Å². The van der Waals surface area contributed by atoms with Crippen LogP contribution in [0.25, 0.3) is 22.4 Å². The van der Waals surface area contributed by atoms with Crippen LogP contribution in [0.15, 0.2) is 72.4 Å². The lowest BCUT2D eigenvalue weighted by Gasteiger charge is -2.32. The van der Waals surface area contributed by atoms with Crippen molar-refractivity contribution in [3.63, 3.8) is 0 Å². The van der Waals surface area contributed by atoms with Crippen molar-refractivity contribution in [2.45, 2.75) is 51.8 Å². The molecule has 2 aromatic heterocycles. The summed E-state index contributed by atoms with van der Waals surface area (Å²) in [5.74, 6) is 3.13. The number of benzene rings is 2. The van der Waals surface area contributed by atoms with Gasteiger partial charge in [-0.1, -0.05) is 30.3 Å². The molecule has 0 radical (unpaired) electrons. The van der Waals surface area contributed by atoms with Gasteiger partial charge in [0.05, 0.1) is 30.8 Å². The Morgan fingerprint density at radius 2 is 1.68 bits per heavy atom. The minimum Gasteiger partial charge on any atom is -0.481 e. The number of fused-ring (bicyclic) bond motifs is 1. The zero-order valence-corrected chi connectivity index (χ0v) is 25.8. The van der Waals surface area contributed by atoms with Crippen molar-refractivity contribution in [1.82, 2.24) is 24.6 Å². The number of hydrogen-bond acceptors (Lipinski definition) is 9. The summed E-state index contributed by atoms with van der Waals surface area (Å²) >= 11 is 0. The van der Waals surface area contributed by atoms with Crippen molar-refractivity contribution >= 4 is 22.5 Å². The highest BCUT2D eigenvalue weighted by molar-refractivity contribution is 5.89. The maximum Gasteiger partial charge on any atom is 0.234 e. The lowest BCUT2D eigenvalue weighted by molar-refractivity contribution is 0.0528. The Labute approximate surface area is 258 Å². The summed E-state index contributed by atoms with van der Waals surface area (Å²) in [5, 5.41) is 9.30. The minimum atomic E-state index is -0.332. The topological polar surface area (TPSA) is 93.1 Å². The second-order valence-corrected chi connectivity index (χ2v) is 12.7. The summed E-state index contributed by atoms with van der Waals surface area (Å²) < 4.78 is 19.3. The summed E-state index contributed by atoms with van der Waals surface area (Å²) in [7, 11) is 0. The number of ether oxygens (including phenoxy) is 3. The van der Waals surface area contributed by atoms with Crippen LogP contribution in [0.2, 0.25) is 0 Å². The molecule has 1 N–H and O–H groups in total. The van der Waals surface area contributed by atoms with E-state index in [9.17, 15) is 0 Å². The number of hydrogen-bond donors (Lipinski definition) is 1. The van der Waals surface area contributed by atoms with E-state index in [0.717, 1.165) is 79.4 Å². The fourth-order valence-corrected chi connectivity index (χ4v) is 5.95. The van der Waals surface area contributed by atoms with Crippen LogP contribution < -0.4 is 10.2 Å². The number of nitrogens with zero attached hydrogens (tertiary/aromatic N) is 6. The van der Waals surface area contributed by atoms with E-state index in [1.165, 1.54) is 5.56 Å². The second-order valence-electron chi connectivity index (χ2n) is 12.7. The monoisotopic (exact) mass is 595 g/mol. The minimum absolute atomic E-state index is 0.297. The summed E-state index contributed by atoms with van der Waals surface area (Å²) in [6, 6.07) is 19.2. The number of nitrogens with one attached hydrogen (secondary N) is 1. The molecule has 3 fully saturated rings. The molecule has 230 valence electrons. The fraction of sp³-hybridized carbons (Fsp3) is 0.441. The Morgan fingerprint density at radius 1 is 0.955 bits per heavy atom. The molecule has 3 saturated heterocycles. The molecule has 44 heavy (non-hydrogen) atoms. The first-order chi connectivity index (χ1) is 21.4. The number of anilines is 2. The lowest BCUT2D eigenvalue weighted by atomic mass is 10.0. The van der Waals surface area contributed by atoms with Crippen LogP contribution in [-0.2, 0) is 20.8 Å². The standard InChI is InChI=1S/C34H41N7O3/c1-34(2,3)44-33(29-23-43-29)36-26-11-9-25(10-12-26)30-37-31(40-17-19-42-20-18-40)28-21-35-41(32(28)38-30)27-13-15-39(16-14-27)22-24-7-5-4-6-8-24/h4-12,21,27,36H,13-20,22-23H2,1-3H3/b33-29-. The molecular formula is C34H41N7O3. The number of likely N-dealkylation sites (tertiary alicyclic amines) is 1. The van der Waals surface area contributed by atoms with Gasteiger partial charge in [0, 0.05) is 44.0 Å². The van der Waals surface area contributed by atoms with Gasteiger partial charge in [0.15, 0.2) is 23.8 Å². The average Bonchev–Trinajstić information content (AvgIpc) is 3.80. The molecule has 4 aromatic rings. The first kappa shape index (κ1) is 28.6. The van der Waals surface area contributed by atoms with E-state index in [0.29, 0.717) is 37.6 Å². The van der Waals surface area contributed by atoms with Crippen molar-refractivity contribution in [3.8, 4) is 11.4 Å². The average molecular weight is 596 g/mol. The van der Waals surface area contributed by atoms with Crippen LogP contribution in [0, 0.1) is 0 Å². The van der Waals surface area contributed by atoms with Crippen LogP contribution in [0.1, 0.15) is 45.2 Å². The molecule has 0 atom stereocenters. The number of piperidine rings is 1. The van der Waals surface area contributed by atoms with Gasteiger partial charge in [-0.25, -0.2) is 14.6 Å². The molecule has 2 aromatic carbocycles. The Balaban J connectivity index is 1.15. The summed E-state index contributed by atoms with van der Waals surface area (Å²) in [5.41, 5.74) is 3.79. The molecule has 3 aliphatic rings. The van der Waals surface area contributed by atoms with Crippen LogP contribution in [0.3, 0.4) is 0 Å². The van der Waals surface area contributed by atoms with E-state index in [1.807, 2.05) is 39.1 Å². The van der Waals surface area contributed by atoms with Crippen LogP contribution in [0.4, 0.5) is 11.5 Å². The van der Waals surface area contributed by atoms with Gasteiger partial charge in [0.1, 0.15) is 11.4 Å². The van der Waals surface area contributed by atoms with Crippen molar-refractivity contribution in [1.29, 1.82) is 0 Å². The van der Waals surface area contributed by atoms with Gasteiger partial charge in [-0.05, 0) is 63.4 Å². The van der Waals surface area contributed by atoms with E-state index in [-0.39, 0.29) is 5.60 Å². The van der Waals surface area contributed by atoms with Crippen molar-refractivity contribution < 1.29 is 14.2 Å². The number of aromatic nitrogens is 4. The van der Waals surface area contributed by atoms with E-state index in [4.69, 9.17) is 29.3 Å². The predicted octanol–water partition coefficient (Wildman–Crippen LogP) is 5.59. The quantitative estimate of drug-likeness (QED) is 0.207. The zero-order chi connectivity index (χ0) is 30.1. The first-order valence-corrected chi connectivity index (χ1v) is 15.7. The summed E-state index contributed by atoms with van der Waals surface area (Å²) in [6.45, 7) is 12.7. The highest BCUT2D eigenvalue weighted by Crippen LogP contribution is 2.33. The molecular weight excluding hydrogens is 554 g/mol. The molecule has 0 aliphatic carbocycles. The highest BCUT2D eigenvalue weighted by atomic mass is 16.6. The Hall–Kier alpha value is -4.15. The lowest BCUT2D eigenvalue weighted by Crippen LogP contribution is -2.37. The van der Waals surface area contributed by atoms with Crippen LogP contribution >= 0.6 is 0 Å². The van der Waals surface area contributed by atoms with Crippen LogP contribution in [-0.4, -0.2) is 76.2 Å². The fourth-order valence-electron chi connectivity index (χ4n) is 5.95. The van der Waals surface area contributed by atoms with Gasteiger partial charge >= 0.3 is 0 Å². The Kier molecular flexibility index (Phi) is 7.86. The number of morpholine rings is 1. The Morgan fingerprint density at radius 3 is 2.36 bits per heavy atom. The van der Waals surface area contributed by atoms with E-state index < -0.39 is 0 Å². The molecule has 5 heterocycles. The third-order valence-corrected chi connectivity index (χ3v) is 8.25. The molecule has 0 spiro atoms. The van der Waals surface area contributed by atoms with Crippen molar-refractivity contribution in [3.05, 3.63) is 78.0 Å². The van der Waals surface area contributed by atoms with E-state index in [2.05, 4.69) is 62.3 Å². The third kappa shape index (κ3) is 6.51. The number of epoxide rings is 1. The normalized spacial score (nSPS) is 19.1. The number of rotatable bonds is 8. The van der Waals surface area contributed by atoms with Gasteiger partial charge in [0.2, 0.25) is 5.88 Å². The van der Waals surface area contributed by atoms with Gasteiger partial charge < -0.3 is 24.4 Å². The van der Waals surface area contributed by atoms with Gasteiger partial charge in [0.25, 0.3) is 0 Å². The molecule has 3 aliphatic heterocycles. The Bertz CT molecular complexity index is 1610. The predicted molar refractivity (Wildman–Crippen MR) is 171 cm³/mol. The van der Waals surface area contributed by atoms with E-state index in [1.54, 1.807) is 0 Å². The second kappa shape index (κ2) is 12.1. The highest BCUT2D eigenvalue weighted by Gasteiger charge is 2.28. The summed E-state index contributed by atoms with van der Waals surface area (Å²) in [6.07, 6.45) is 4.03. The first-order valence-electron chi connectivity index (χ1n) is 15.7. The van der Waals surface area contributed by atoms with Crippen molar-refractivity contribution in [2.24, 2.45) is 0 Å². The third-order valence-electron chi connectivity index (χ3n) is 8.25. The molecule has 0 bridgehead atoms. The maximum atomic E-state index is 6.10. The molecule has 10 nitrogen and oxygen atoms in total. The van der Waals surface area contributed by atoms with Gasteiger partial charge in [-0.2, -0.15) is 5.10 Å².